The fourth-order valence-corrected chi connectivity index (χ4v) is 0.961. The lowest BCUT2D eigenvalue weighted by atomic mass is 10.2. The van der Waals surface area contributed by atoms with Crippen LogP contribution in [-0.2, 0) is 4.79 Å². The zero-order valence-corrected chi connectivity index (χ0v) is 7.89. The Hall–Kier alpha value is -1.89. The number of carbonyl (C=O) groups is 1. The van der Waals surface area contributed by atoms with E-state index in [1.807, 2.05) is 30.3 Å². The average Bonchev–Trinajstić information content (AvgIpc) is 2.25. The van der Waals surface area contributed by atoms with Crippen LogP contribution in [0.5, 0.6) is 0 Å². The number of allylic oxidation sites excluding steroid dienone is 4. The molecule has 0 heterocycles. The Morgan fingerprint density at radius 3 is 2.50 bits per heavy atom. The van der Waals surface area contributed by atoms with Gasteiger partial charge in [0.15, 0.2) is 5.78 Å². The highest BCUT2D eigenvalue weighted by Gasteiger charge is 1.87. The van der Waals surface area contributed by atoms with Crippen molar-refractivity contribution in [2.45, 2.75) is 0 Å². The van der Waals surface area contributed by atoms with Gasteiger partial charge in [0.25, 0.3) is 0 Å². The average molecular weight is 184 g/mol. The molecule has 0 fully saturated rings. The number of hydrogen-bond donors (Lipinski definition) is 0. The van der Waals surface area contributed by atoms with E-state index in [-0.39, 0.29) is 5.78 Å². The summed E-state index contributed by atoms with van der Waals surface area (Å²) in [6, 6.07) is 9.70. The molecule has 0 aliphatic heterocycles. The zero-order chi connectivity index (χ0) is 10.2. The lowest BCUT2D eigenvalue weighted by molar-refractivity contribution is -0.110. The van der Waals surface area contributed by atoms with Crippen LogP contribution in [0.15, 0.2) is 61.2 Å². The van der Waals surface area contributed by atoms with Crippen LogP contribution in [-0.4, -0.2) is 5.78 Å². The molecule has 1 heteroatoms. The van der Waals surface area contributed by atoms with Crippen LogP contribution < -0.4 is 0 Å². The largest absolute Gasteiger partial charge is 0.290 e. The minimum atomic E-state index is -0.0336. The topological polar surface area (TPSA) is 17.1 Å². The Labute approximate surface area is 84.1 Å². The van der Waals surface area contributed by atoms with Gasteiger partial charge >= 0.3 is 0 Å². The fraction of sp³-hybridized carbons (Fsp3) is 0. The number of carbonyl (C=O) groups excluding carboxylic acids is 1. The van der Waals surface area contributed by atoms with Gasteiger partial charge in [0.2, 0.25) is 0 Å². The normalized spacial score (nSPS) is 10.9. The Morgan fingerprint density at radius 2 is 1.86 bits per heavy atom. The van der Waals surface area contributed by atoms with Gasteiger partial charge in [0.05, 0.1) is 0 Å². The molecule has 0 N–H and O–H groups in total. The summed E-state index contributed by atoms with van der Waals surface area (Å²) in [4.78, 5) is 11.2. The van der Waals surface area contributed by atoms with Crippen molar-refractivity contribution >= 4 is 11.9 Å². The molecule has 0 radical (unpaired) electrons. The molecule has 70 valence electrons. The highest BCUT2D eigenvalue weighted by molar-refractivity contribution is 6.02. The molecule has 1 rings (SSSR count). The number of ketones is 1. The number of benzene rings is 1. The predicted molar refractivity (Wildman–Crippen MR) is 59.8 cm³/mol. The lowest BCUT2D eigenvalue weighted by Crippen LogP contribution is -1.83. The van der Waals surface area contributed by atoms with Crippen LogP contribution in [0, 0.1) is 0 Å². The van der Waals surface area contributed by atoms with E-state index >= 15 is 0 Å². The van der Waals surface area contributed by atoms with Crippen LogP contribution in [0.3, 0.4) is 0 Å². The minimum Gasteiger partial charge on any atom is -0.290 e. The first kappa shape index (κ1) is 10.2. The monoisotopic (exact) mass is 184 g/mol. The summed E-state index contributed by atoms with van der Waals surface area (Å²) in [7, 11) is 0. The highest BCUT2D eigenvalue weighted by Crippen LogP contribution is 2.00. The van der Waals surface area contributed by atoms with Crippen LogP contribution in [0.1, 0.15) is 5.56 Å². The van der Waals surface area contributed by atoms with Crippen molar-refractivity contribution < 1.29 is 4.79 Å². The summed E-state index contributed by atoms with van der Waals surface area (Å²) in [5, 5.41) is 0. The SMILES string of the molecule is C=CC=CC(=O)C=Cc1ccccc1. The summed E-state index contributed by atoms with van der Waals surface area (Å²) in [5.41, 5.74) is 1.02. The predicted octanol–water partition coefficient (Wildman–Crippen LogP) is 3.01. The van der Waals surface area contributed by atoms with E-state index in [0.717, 1.165) is 5.56 Å². The van der Waals surface area contributed by atoms with Crippen LogP contribution >= 0.6 is 0 Å². The van der Waals surface area contributed by atoms with Crippen molar-refractivity contribution in [2.75, 3.05) is 0 Å². The van der Waals surface area contributed by atoms with E-state index in [0.29, 0.717) is 0 Å². The molecule has 1 aromatic rings. The molecule has 1 nitrogen and oxygen atoms in total. The standard InChI is InChI=1S/C13H12O/c1-2-3-9-13(14)11-10-12-7-5-4-6-8-12/h2-11H,1H2. The molecule has 0 aromatic heterocycles. The van der Waals surface area contributed by atoms with Gasteiger partial charge < -0.3 is 0 Å². The maximum Gasteiger partial charge on any atom is 0.178 e. The number of rotatable bonds is 4. The van der Waals surface area contributed by atoms with Gasteiger partial charge in [0, 0.05) is 0 Å². The molecule has 0 amide bonds. The van der Waals surface area contributed by atoms with E-state index in [9.17, 15) is 4.79 Å². The first-order valence-electron chi connectivity index (χ1n) is 4.39. The first-order chi connectivity index (χ1) is 6.83. The lowest BCUT2D eigenvalue weighted by Gasteiger charge is -1.89. The number of hydrogen-bond acceptors (Lipinski definition) is 1. The van der Waals surface area contributed by atoms with E-state index in [1.54, 1.807) is 18.2 Å². The van der Waals surface area contributed by atoms with Crippen LogP contribution in [0.4, 0.5) is 0 Å². The van der Waals surface area contributed by atoms with Crippen molar-refractivity contribution in [1.29, 1.82) is 0 Å². The Balaban J connectivity index is 2.60. The molecule has 0 spiro atoms. The molecule has 0 unspecified atom stereocenters. The third-order valence-electron chi connectivity index (χ3n) is 1.64. The van der Waals surface area contributed by atoms with Crippen molar-refractivity contribution in [3.05, 3.63) is 66.8 Å². The Morgan fingerprint density at radius 1 is 1.14 bits per heavy atom. The smallest absolute Gasteiger partial charge is 0.178 e. The summed E-state index contributed by atoms with van der Waals surface area (Å²) < 4.78 is 0. The maximum absolute atomic E-state index is 11.2. The van der Waals surface area contributed by atoms with E-state index in [1.165, 1.54) is 12.2 Å². The van der Waals surface area contributed by atoms with Gasteiger partial charge in [-0.2, -0.15) is 0 Å². The minimum absolute atomic E-state index is 0.0336. The van der Waals surface area contributed by atoms with E-state index < -0.39 is 0 Å². The maximum atomic E-state index is 11.2. The molecule has 0 atom stereocenters. The molecule has 0 saturated heterocycles. The molecule has 0 aliphatic carbocycles. The Kier molecular flexibility index (Phi) is 4.15. The summed E-state index contributed by atoms with van der Waals surface area (Å²) in [6.07, 6.45) is 8.00. The second-order valence-electron chi connectivity index (χ2n) is 2.74. The molecular weight excluding hydrogens is 172 g/mol. The van der Waals surface area contributed by atoms with E-state index in [2.05, 4.69) is 6.58 Å². The van der Waals surface area contributed by atoms with Crippen molar-refractivity contribution in [3.8, 4) is 0 Å². The van der Waals surface area contributed by atoms with Gasteiger partial charge in [-0.05, 0) is 17.7 Å². The van der Waals surface area contributed by atoms with Gasteiger partial charge in [-0.15, -0.1) is 0 Å². The van der Waals surface area contributed by atoms with Crippen molar-refractivity contribution in [2.24, 2.45) is 0 Å². The molecule has 14 heavy (non-hydrogen) atoms. The Bertz CT molecular complexity index is 358. The quantitative estimate of drug-likeness (QED) is 0.519. The van der Waals surface area contributed by atoms with Crippen molar-refractivity contribution in [3.63, 3.8) is 0 Å². The zero-order valence-electron chi connectivity index (χ0n) is 7.89. The third-order valence-corrected chi connectivity index (χ3v) is 1.64. The first-order valence-corrected chi connectivity index (χ1v) is 4.39. The van der Waals surface area contributed by atoms with Gasteiger partial charge in [-0.25, -0.2) is 0 Å². The van der Waals surface area contributed by atoms with Gasteiger partial charge in [0.1, 0.15) is 0 Å². The van der Waals surface area contributed by atoms with Gasteiger partial charge in [-0.3, -0.25) is 4.79 Å². The molecular formula is C13H12O. The summed E-state index contributed by atoms with van der Waals surface area (Å²) >= 11 is 0. The van der Waals surface area contributed by atoms with Gasteiger partial charge in [-0.1, -0.05) is 55.1 Å². The highest BCUT2D eigenvalue weighted by atomic mass is 16.1. The summed E-state index contributed by atoms with van der Waals surface area (Å²) in [6.45, 7) is 3.49. The molecule has 0 aliphatic rings. The third kappa shape index (κ3) is 3.68. The molecule has 0 saturated carbocycles. The van der Waals surface area contributed by atoms with Crippen LogP contribution in [0.2, 0.25) is 0 Å². The van der Waals surface area contributed by atoms with Crippen LogP contribution in [0.25, 0.3) is 6.08 Å². The second-order valence-corrected chi connectivity index (χ2v) is 2.74. The second kappa shape index (κ2) is 5.70. The van der Waals surface area contributed by atoms with Crippen molar-refractivity contribution in [1.82, 2.24) is 0 Å². The van der Waals surface area contributed by atoms with E-state index in [4.69, 9.17) is 0 Å². The summed E-state index contributed by atoms with van der Waals surface area (Å²) in [5.74, 6) is -0.0336. The molecule has 0 bridgehead atoms. The fourth-order valence-electron chi connectivity index (χ4n) is 0.961. The molecule has 1 aromatic carbocycles.